The van der Waals surface area contributed by atoms with Gasteiger partial charge in [0.25, 0.3) is 0 Å². The van der Waals surface area contributed by atoms with Crippen molar-refractivity contribution < 1.29 is 0 Å². The van der Waals surface area contributed by atoms with Crippen LogP contribution in [0.25, 0.3) is 0 Å². The summed E-state index contributed by atoms with van der Waals surface area (Å²) in [5, 5.41) is 7.89. The first-order valence-electron chi connectivity index (χ1n) is 4.76. The van der Waals surface area contributed by atoms with Crippen molar-refractivity contribution in [3.63, 3.8) is 0 Å². The lowest BCUT2D eigenvalue weighted by atomic mass is 10.1. The Hall–Kier alpha value is -1.27. The Kier molecular flexibility index (Phi) is 3.08. The fraction of sp³-hybridized carbons (Fsp3) is 0.444. The Labute approximate surface area is 92.1 Å². The Morgan fingerprint density at radius 1 is 1.53 bits per heavy atom. The highest BCUT2D eigenvalue weighted by atomic mass is 32.1. The van der Waals surface area contributed by atoms with E-state index >= 15 is 0 Å². The van der Waals surface area contributed by atoms with Crippen LogP contribution in [0, 0.1) is 0 Å². The van der Waals surface area contributed by atoms with Gasteiger partial charge >= 0.3 is 0 Å². The van der Waals surface area contributed by atoms with Gasteiger partial charge in [0.1, 0.15) is 0 Å². The predicted molar refractivity (Wildman–Crippen MR) is 58.4 cm³/mol. The molecule has 2 heterocycles. The zero-order chi connectivity index (χ0) is 10.7. The molecular weight excluding hydrogens is 210 g/mol. The molecule has 0 spiro atoms. The first-order valence-corrected chi connectivity index (χ1v) is 5.53. The van der Waals surface area contributed by atoms with Crippen molar-refractivity contribution in [3.05, 3.63) is 29.0 Å². The largest absolute Gasteiger partial charge is 0.323 e. The van der Waals surface area contributed by atoms with Gasteiger partial charge in [-0.2, -0.15) is 5.10 Å². The lowest BCUT2D eigenvalue weighted by Gasteiger charge is -2.06. The molecule has 2 aromatic rings. The molecule has 80 valence electrons. The van der Waals surface area contributed by atoms with Crippen LogP contribution in [0.15, 0.2) is 18.6 Å². The number of hydrogen-bond donors (Lipinski definition) is 1. The highest BCUT2D eigenvalue weighted by Crippen LogP contribution is 2.18. The van der Waals surface area contributed by atoms with Gasteiger partial charge in [0.2, 0.25) is 0 Å². The second-order valence-corrected chi connectivity index (χ2v) is 4.30. The van der Waals surface area contributed by atoms with Crippen molar-refractivity contribution in [2.24, 2.45) is 12.8 Å². The van der Waals surface area contributed by atoms with Gasteiger partial charge in [-0.3, -0.25) is 4.68 Å². The lowest BCUT2D eigenvalue weighted by Crippen LogP contribution is -2.09. The highest BCUT2D eigenvalue weighted by Gasteiger charge is 2.09. The summed E-state index contributed by atoms with van der Waals surface area (Å²) in [6.07, 6.45) is 7.45. The SMILES string of the molecule is Cn1cc(CCC(N)c2cnns2)cn1. The predicted octanol–water partition coefficient (Wildman–Crippen LogP) is 0.904. The third-order valence-corrected chi connectivity index (χ3v) is 3.04. The topological polar surface area (TPSA) is 69.6 Å². The number of nitrogens with two attached hydrogens (primary N) is 1. The molecule has 0 aromatic carbocycles. The van der Waals surface area contributed by atoms with E-state index in [4.69, 9.17) is 5.73 Å². The second-order valence-electron chi connectivity index (χ2n) is 3.49. The van der Waals surface area contributed by atoms with Crippen LogP contribution in [0.2, 0.25) is 0 Å². The van der Waals surface area contributed by atoms with Crippen molar-refractivity contribution in [1.29, 1.82) is 0 Å². The smallest absolute Gasteiger partial charge is 0.0669 e. The molecule has 0 saturated carbocycles. The maximum Gasteiger partial charge on any atom is 0.0669 e. The van der Waals surface area contributed by atoms with E-state index in [1.165, 1.54) is 17.1 Å². The average molecular weight is 223 g/mol. The van der Waals surface area contributed by atoms with Crippen molar-refractivity contribution in [3.8, 4) is 0 Å². The number of rotatable bonds is 4. The zero-order valence-electron chi connectivity index (χ0n) is 8.50. The van der Waals surface area contributed by atoms with Gasteiger partial charge < -0.3 is 5.73 Å². The summed E-state index contributed by atoms with van der Waals surface area (Å²) in [6, 6.07) is 0.0326. The molecular formula is C9H13N5S. The number of aromatic nitrogens is 4. The fourth-order valence-corrected chi connectivity index (χ4v) is 1.94. The molecule has 5 nitrogen and oxygen atoms in total. The van der Waals surface area contributed by atoms with E-state index in [2.05, 4.69) is 14.7 Å². The molecule has 0 amide bonds. The van der Waals surface area contributed by atoms with E-state index in [0.717, 1.165) is 17.7 Å². The van der Waals surface area contributed by atoms with Gasteiger partial charge in [-0.1, -0.05) is 4.49 Å². The van der Waals surface area contributed by atoms with Crippen LogP contribution >= 0.6 is 11.5 Å². The van der Waals surface area contributed by atoms with Crippen LogP contribution in [-0.2, 0) is 13.5 Å². The van der Waals surface area contributed by atoms with E-state index in [1.807, 2.05) is 19.4 Å². The van der Waals surface area contributed by atoms with Gasteiger partial charge in [-0.15, -0.1) is 5.10 Å². The van der Waals surface area contributed by atoms with Crippen LogP contribution in [0.5, 0.6) is 0 Å². The second kappa shape index (κ2) is 4.50. The summed E-state index contributed by atoms with van der Waals surface area (Å²) in [6.45, 7) is 0. The first kappa shape index (κ1) is 10.3. The molecule has 1 atom stereocenters. The quantitative estimate of drug-likeness (QED) is 0.836. The molecule has 0 saturated heterocycles. The first-order chi connectivity index (χ1) is 7.25. The van der Waals surface area contributed by atoms with E-state index in [1.54, 1.807) is 10.9 Å². The van der Waals surface area contributed by atoms with Crippen LogP contribution in [0.3, 0.4) is 0 Å². The molecule has 0 radical (unpaired) electrons. The molecule has 6 heteroatoms. The maximum absolute atomic E-state index is 6.00. The highest BCUT2D eigenvalue weighted by molar-refractivity contribution is 7.05. The monoisotopic (exact) mass is 223 g/mol. The lowest BCUT2D eigenvalue weighted by molar-refractivity contribution is 0.660. The van der Waals surface area contributed by atoms with Crippen LogP contribution < -0.4 is 5.73 Å². The summed E-state index contributed by atoms with van der Waals surface area (Å²) < 4.78 is 5.60. The zero-order valence-corrected chi connectivity index (χ0v) is 9.31. The average Bonchev–Trinajstić information content (AvgIpc) is 2.84. The Morgan fingerprint density at radius 3 is 3.00 bits per heavy atom. The summed E-state index contributed by atoms with van der Waals surface area (Å²) in [5.74, 6) is 0. The maximum atomic E-state index is 6.00. The van der Waals surface area contributed by atoms with Crippen LogP contribution in [-0.4, -0.2) is 19.4 Å². The minimum atomic E-state index is 0.0326. The number of nitrogens with zero attached hydrogens (tertiary/aromatic N) is 4. The molecule has 0 fully saturated rings. The number of aryl methyl sites for hydroxylation is 2. The molecule has 0 bridgehead atoms. The Bertz CT molecular complexity index is 408. The minimum absolute atomic E-state index is 0.0326. The third-order valence-electron chi connectivity index (χ3n) is 2.25. The van der Waals surface area contributed by atoms with E-state index in [9.17, 15) is 0 Å². The van der Waals surface area contributed by atoms with Gasteiger partial charge in [0.05, 0.1) is 17.3 Å². The molecule has 0 aliphatic heterocycles. The molecule has 2 aromatic heterocycles. The summed E-state index contributed by atoms with van der Waals surface area (Å²) in [4.78, 5) is 1.04. The summed E-state index contributed by atoms with van der Waals surface area (Å²) in [5.41, 5.74) is 7.21. The minimum Gasteiger partial charge on any atom is -0.323 e. The molecule has 2 N–H and O–H groups in total. The fourth-order valence-electron chi connectivity index (χ4n) is 1.40. The van der Waals surface area contributed by atoms with Crippen LogP contribution in [0.1, 0.15) is 22.9 Å². The molecule has 1 unspecified atom stereocenters. The Morgan fingerprint density at radius 2 is 2.40 bits per heavy atom. The van der Waals surface area contributed by atoms with Gasteiger partial charge in [0.15, 0.2) is 0 Å². The van der Waals surface area contributed by atoms with E-state index in [0.29, 0.717) is 0 Å². The standard InChI is InChI=1S/C9H13N5S/c1-14-6-7(4-12-14)2-3-8(10)9-5-11-13-15-9/h4-6,8H,2-3,10H2,1H3. The van der Waals surface area contributed by atoms with E-state index in [-0.39, 0.29) is 6.04 Å². The Balaban J connectivity index is 1.88. The third kappa shape index (κ3) is 2.60. The van der Waals surface area contributed by atoms with Crippen molar-refractivity contribution in [2.45, 2.75) is 18.9 Å². The van der Waals surface area contributed by atoms with Gasteiger partial charge in [-0.25, -0.2) is 0 Å². The molecule has 15 heavy (non-hydrogen) atoms. The number of hydrogen-bond acceptors (Lipinski definition) is 5. The van der Waals surface area contributed by atoms with Gasteiger partial charge in [-0.05, 0) is 29.9 Å². The van der Waals surface area contributed by atoms with Crippen molar-refractivity contribution in [2.75, 3.05) is 0 Å². The summed E-state index contributed by atoms with van der Waals surface area (Å²) >= 11 is 1.36. The molecule has 2 rings (SSSR count). The molecule has 0 aliphatic rings. The van der Waals surface area contributed by atoms with Crippen LogP contribution in [0.4, 0.5) is 0 Å². The van der Waals surface area contributed by atoms with Gasteiger partial charge in [0, 0.05) is 19.3 Å². The van der Waals surface area contributed by atoms with Crippen molar-refractivity contribution >= 4 is 11.5 Å². The molecule has 0 aliphatic carbocycles. The normalized spacial score (nSPS) is 12.9. The summed E-state index contributed by atoms with van der Waals surface area (Å²) in [7, 11) is 1.91. The van der Waals surface area contributed by atoms with E-state index < -0.39 is 0 Å². The van der Waals surface area contributed by atoms with Crippen molar-refractivity contribution in [1.82, 2.24) is 19.4 Å².